The lowest BCUT2D eigenvalue weighted by Gasteiger charge is -2.14. The molecule has 0 aliphatic carbocycles. The van der Waals surface area contributed by atoms with E-state index in [0.717, 1.165) is 19.3 Å². The summed E-state index contributed by atoms with van der Waals surface area (Å²) in [5.41, 5.74) is 0.324. The summed E-state index contributed by atoms with van der Waals surface area (Å²) in [6.45, 7) is 2.72. The highest BCUT2D eigenvalue weighted by Gasteiger charge is 2.28. The third kappa shape index (κ3) is 14.4. The Hall–Kier alpha value is -3.39. The molecule has 1 N–H and O–H groups in total. The molecule has 2 aromatic carbocycles. The molecule has 46 heavy (non-hydrogen) atoms. The minimum Gasteiger partial charge on any atom is -0.493 e. The Balaban J connectivity index is 1.73. The van der Waals surface area contributed by atoms with Crippen molar-refractivity contribution in [2.75, 3.05) is 26.1 Å². The fourth-order valence-electron chi connectivity index (χ4n) is 5.26. The molecule has 0 spiro atoms. The topological polar surface area (TPSA) is 108 Å². The second kappa shape index (κ2) is 23.0. The zero-order valence-electron chi connectivity index (χ0n) is 27.9. The summed E-state index contributed by atoms with van der Waals surface area (Å²) >= 11 is 6.30. The van der Waals surface area contributed by atoms with Gasteiger partial charge in [-0.3, -0.25) is 9.59 Å². The number of anilines is 1. The zero-order valence-corrected chi connectivity index (χ0v) is 28.6. The number of ether oxygens (including phenoxy) is 3. The van der Waals surface area contributed by atoms with Crippen LogP contribution in [0, 0.1) is 0 Å². The Morgan fingerprint density at radius 3 is 1.61 bits per heavy atom. The molecule has 0 aromatic heterocycles. The minimum atomic E-state index is -1.58. The first-order valence-electron chi connectivity index (χ1n) is 16.8. The Morgan fingerprint density at radius 2 is 1.13 bits per heavy atom. The maximum atomic E-state index is 13.2. The molecule has 0 saturated heterocycles. The van der Waals surface area contributed by atoms with Crippen molar-refractivity contribution in [1.82, 2.24) is 0 Å². The molecule has 0 unspecified atom stereocenters. The van der Waals surface area contributed by atoms with E-state index in [1.807, 2.05) is 0 Å². The molecule has 0 fully saturated rings. The Kier molecular flexibility index (Phi) is 19.4. The average Bonchev–Trinajstić information content (AvgIpc) is 3.08. The molecular formula is C37H52ClNO7. The number of ketones is 1. The number of amides is 1. The monoisotopic (exact) mass is 657 g/mol. The lowest BCUT2D eigenvalue weighted by atomic mass is 10.0. The molecule has 0 aliphatic rings. The van der Waals surface area contributed by atoms with Gasteiger partial charge in [0, 0.05) is 5.69 Å². The number of rotatable bonds is 24. The summed E-state index contributed by atoms with van der Waals surface area (Å²) in [5.74, 6) is -2.51. The first-order chi connectivity index (χ1) is 22.3. The highest BCUT2D eigenvalue weighted by molar-refractivity contribution is 6.45. The summed E-state index contributed by atoms with van der Waals surface area (Å²) in [7, 11) is 2.39. The number of alkyl halides is 1. The van der Waals surface area contributed by atoms with Gasteiger partial charge in [0.05, 0.1) is 37.5 Å². The molecular weight excluding hydrogens is 606 g/mol. The van der Waals surface area contributed by atoms with E-state index in [1.165, 1.54) is 116 Å². The summed E-state index contributed by atoms with van der Waals surface area (Å²) in [4.78, 5) is 50.3. The van der Waals surface area contributed by atoms with Crippen LogP contribution in [0.25, 0.3) is 0 Å². The van der Waals surface area contributed by atoms with Crippen molar-refractivity contribution < 1.29 is 33.4 Å². The molecule has 8 nitrogen and oxygen atoms in total. The number of esters is 2. The van der Waals surface area contributed by atoms with Crippen molar-refractivity contribution in [3.63, 3.8) is 0 Å². The minimum absolute atomic E-state index is 0.0194. The van der Waals surface area contributed by atoms with Gasteiger partial charge in [-0.25, -0.2) is 9.59 Å². The first-order valence-corrected chi connectivity index (χ1v) is 17.3. The number of para-hydroxylation sites is 1. The lowest BCUT2D eigenvalue weighted by Crippen LogP contribution is -2.31. The molecule has 2 aromatic rings. The normalized spacial score (nSPS) is 11.5. The van der Waals surface area contributed by atoms with Crippen molar-refractivity contribution in [2.24, 2.45) is 0 Å². The van der Waals surface area contributed by atoms with Gasteiger partial charge in [-0.15, -0.1) is 11.6 Å². The third-order valence-corrected chi connectivity index (χ3v) is 8.31. The van der Waals surface area contributed by atoms with Gasteiger partial charge < -0.3 is 19.5 Å². The van der Waals surface area contributed by atoms with E-state index in [4.69, 9.17) is 25.8 Å². The summed E-state index contributed by atoms with van der Waals surface area (Å²) in [5, 5.41) is 0.926. The number of carbonyl (C=O) groups is 4. The van der Waals surface area contributed by atoms with Crippen LogP contribution in [0.15, 0.2) is 42.5 Å². The predicted molar refractivity (Wildman–Crippen MR) is 183 cm³/mol. The van der Waals surface area contributed by atoms with E-state index in [-0.39, 0.29) is 22.4 Å². The maximum Gasteiger partial charge on any atom is 0.337 e. The van der Waals surface area contributed by atoms with Gasteiger partial charge in [-0.1, -0.05) is 115 Å². The summed E-state index contributed by atoms with van der Waals surface area (Å²) in [6.07, 6.45) is 20.6. The van der Waals surface area contributed by atoms with Crippen LogP contribution in [-0.4, -0.2) is 49.8 Å². The van der Waals surface area contributed by atoms with Crippen LogP contribution in [0.3, 0.4) is 0 Å². The molecule has 2 rings (SSSR count). The van der Waals surface area contributed by atoms with Gasteiger partial charge >= 0.3 is 11.9 Å². The van der Waals surface area contributed by atoms with E-state index >= 15 is 0 Å². The van der Waals surface area contributed by atoms with Crippen LogP contribution >= 0.6 is 11.6 Å². The number of nitrogens with one attached hydrogen (secondary N) is 1. The smallest absolute Gasteiger partial charge is 0.337 e. The second-order valence-electron chi connectivity index (χ2n) is 11.6. The van der Waals surface area contributed by atoms with E-state index in [2.05, 4.69) is 12.2 Å². The lowest BCUT2D eigenvalue weighted by molar-refractivity contribution is -0.115. The highest BCUT2D eigenvalue weighted by Crippen LogP contribution is 2.24. The first kappa shape index (κ1) is 38.8. The van der Waals surface area contributed by atoms with Crippen molar-refractivity contribution in [3.8, 4) is 5.75 Å². The second-order valence-corrected chi connectivity index (χ2v) is 12.1. The van der Waals surface area contributed by atoms with Crippen LogP contribution < -0.4 is 10.1 Å². The Morgan fingerprint density at radius 1 is 0.674 bits per heavy atom. The van der Waals surface area contributed by atoms with E-state index in [9.17, 15) is 19.2 Å². The molecule has 0 aliphatic heterocycles. The van der Waals surface area contributed by atoms with Gasteiger partial charge in [0.15, 0.2) is 11.2 Å². The van der Waals surface area contributed by atoms with Crippen molar-refractivity contribution in [3.05, 3.63) is 59.2 Å². The number of hydrogen-bond donors (Lipinski definition) is 1. The SMILES string of the molecule is CCCCCCCCCCCCCCCCCCOc1ccccc1C(=O)[C@H](Cl)C(=O)Nc1cc(C(=O)OC)cc(C(=O)OC)c1. The number of methoxy groups -OCH3 is 2. The molecule has 0 radical (unpaired) electrons. The molecule has 1 amide bonds. The summed E-state index contributed by atoms with van der Waals surface area (Å²) in [6, 6.07) is 10.6. The number of unbranched alkanes of at least 4 members (excludes halogenated alkanes) is 15. The quantitative estimate of drug-likeness (QED) is 0.0394. The largest absolute Gasteiger partial charge is 0.493 e. The average molecular weight is 658 g/mol. The Bertz CT molecular complexity index is 1200. The highest BCUT2D eigenvalue weighted by atomic mass is 35.5. The van der Waals surface area contributed by atoms with Gasteiger partial charge in [0.25, 0.3) is 0 Å². The van der Waals surface area contributed by atoms with Gasteiger partial charge in [0.1, 0.15) is 5.75 Å². The molecule has 254 valence electrons. The number of halogens is 1. The number of carbonyl (C=O) groups excluding carboxylic acids is 4. The van der Waals surface area contributed by atoms with Crippen LogP contribution in [0.5, 0.6) is 5.75 Å². The van der Waals surface area contributed by atoms with E-state index in [0.29, 0.717) is 12.4 Å². The van der Waals surface area contributed by atoms with E-state index < -0.39 is 29.0 Å². The number of benzene rings is 2. The number of hydrogen-bond acceptors (Lipinski definition) is 7. The van der Waals surface area contributed by atoms with Crippen LogP contribution in [0.2, 0.25) is 0 Å². The van der Waals surface area contributed by atoms with Crippen molar-refractivity contribution in [1.29, 1.82) is 0 Å². The third-order valence-electron chi connectivity index (χ3n) is 7.91. The molecule has 0 saturated carbocycles. The summed E-state index contributed by atoms with van der Waals surface area (Å²) < 4.78 is 15.4. The number of Topliss-reactive ketones (excluding diaryl/α,β-unsaturated/α-hetero) is 1. The van der Waals surface area contributed by atoms with Gasteiger partial charge in [-0.2, -0.15) is 0 Å². The van der Waals surface area contributed by atoms with Crippen molar-refractivity contribution >= 4 is 40.9 Å². The molecule has 1 atom stereocenters. The van der Waals surface area contributed by atoms with Crippen LogP contribution in [-0.2, 0) is 14.3 Å². The van der Waals surface area contributed by atoms with E-state index in [1.54, 1.807) is 24.3 Å². The Labute approximate surface area is 279 Å². The van der Waals surface area contributed by atoms with Gasteiger partial charge in [0.2, 0.25) is 5.91 Å². The fourth-order valence-corrected chi connectivity index (χ4v) is 5.43. The molecule has 0 heterocycles. The fraction of sp³-hybridized carbons (Fsp3) is 0.568. The van der Waals surface area contributed by atoms with Crippen molar-refractivity contribution in [2.45, 2.75) is 115 Å². The predicted octanol–water partition coefficient (Wildman–Crippen LogP) is 9.33. The van der Waals surface area contributed by atoms with Crippen LogP contribution in [0.1, 0.15) is 141 Å². The molecule has 9 heteroatoms. The van der Waals surface area contributed by atoms with Gasteiger partial charge in [-0.05, 0) is 36.8 Å². The zero-order chi connectivity index (χ0) is 33.6. The maximum absolute atomic E-state index is 13.2. The standard InChI is InChI=1S/C37H52ClNO7/c1-4-5-6-7-8-9-10-11-12-13-14-15-16-17-18-21-24-46-32-23-20-19-22-31(32)34(40)33(38)35(41)39-30-26-28(36(42)44-2)25-29(27-30)37(43)45-3/h19-20,22-23,25-27,33H,4-18,21,24H2,1-3H3,(H,39,41)/t33-/m0/s1. The molecule has 0 bridgehead atoms. The van der Waals surface area contributed by atoms with Crippen LogP contribution in [0.4, 0.5) is 5.69 Å².